The Labute approximate surface area is 124 Å². The second-order valence-electron chi connectivity index (χ2n) is 6.52. The van der Waals surface area contributed by atoms with Crippen molar-refractivity contribution in [1.29, 1.82) is 0 Å². The van der Waals surface area contributed by atoms with Gasteiger partial charge in [-0.15, -0.1) is 0 Å². The van der Waals surface area contributed by atoms with Crippen LogP contribution >= 0.6 is 0 Å². The van der Waals surface area contributed by atoms with Crippen LogP contribution in [0.15, 0.2) is 4.99 Å². The molecule has 2 fully saturated rings. The molecule has 0 aromatic heterocycles. The van der Waals surface area contributed by atoms with Crippen LogP contribution in [0.1, 0.15) is 46.0 Å². The molecule has 2 aliphatic rings. The van der Waals surface area contributed by atoms with Crippen LogP contribution in [-0.4, -0.2) is 61.6 Å². The summed E-state index contributed by atoms with van der Waals surface area (Å²) < 4.78 is 0. The average molecular weight is 280 g/mol. The van der Waals surface area contributed by atoms with Gasteiger partial charge in [0.2, 0.25) is 0 Å². The lowest BCUT2D eigenvalue weighted by Gasteiger charge is -2.35. The number of piperidine rings is 2. The maximum atomic E-state index is 4.45. The number of aliphatic imine (C=N–C) groups is 1. The Kier molecular flexibility index (Phi) is 6.14. The van der Waals surface area contributed by atoms with E-state index in [1.165, 1.54) is 38.6 Å². The van der Waals surface area contributed by atoms with Crippen molar-refractivity contribution >= 4 is 5.96 Å². The van der Waals surface area contributed by atoms with E-state index in [9.17, 15) is 0 Å². The summed E-state index contributed by atoms with van der Waals surface area (Å²) in [4.78, 5) is 9.48. The van der Waals surface area contributed by atoms with Crippen molar-refractivity contribution in [3.05, 3.63) is 0 Å². The van der Waals surface area contributed by atoms with E-state index in [0.29, 0.717) is 0 Å². The highest BCUT2D eigenvalue weighted by Gasteiger charge is 2.20. The average Bonchev–Trinajstić information content (AvgIpc) is 2.47. The Morgan fingerprint density at radius 3 is 2.50 bits per heavy atom. The summed E-state index contributed by atoms with van der Waals surface area (Å²) in [6.07, 6.45) is 6.72. The third-order valence-corrected chi connectivity index (χ3v) is 4.92. The molecule has 2 rings (SSSR count). The van der Waals surface area contributed by atoms with Gasteiger partial charge in [-0.1, -0.05) is 13.3 Å². The van der Waals surface area contributed by atoms with Gasteiger partial charge in [0.15, 0.2) is 5.96 Å². The number of guanidine groups is 1. The molecule has 1 unspecified atom stereocenters. The van der Waals surface area contributed by atoms with Gasteiger partial charge in [0.05, 0.1) is 0 Å². The van der Waals surface area contributed by atoms with Gasteiger partial charge in [0.1, 0.15) is 0 Å². The molecule has 0 saturated carbocycles. The van der Waals surface area contributed by atoms with Crippen LogP contribution in [0.4, 0.5) is 0 Å². The van der Waals surface area contributed by atoms with Crippen LogP contribution in [0.5, 0.6) is 0 Å². The summed E-state index contributed by atoms with van der Waals surface area (Å²) in [5, 5.41) is 3.56. The Hall–Kier alpha value is -0.770. The molecule has 0 spiro atoms. The smallest absolute Gasteiger partial charge is 0.193 e. The lowest BCUT2D eigenvalue weighted by Crippen LogP contribution is -2.48. The molecule has 0 radical (unpaired) electrons. The number of likely N-dealkylation sites (tertiary alicyclic amines) is 2. The van der Waals surface area contributed by atoms with Crippen LogP contribution < -0.4 is 5.32 Å². The Balaban J connectivity index is 1.71. The monoisotopic (exact) mass is 280 g/mol. The quantitative estimate of drug-likeness (QED) is 0.635. The van der Waals surface area contributed by atoms with E-state index in [2.05, 4.69) is 34.0 Å². The molecule has 1 atom stereocenters. The van der Waals surface area contributed by atoms with Gasteiger partial charge in [-0.05, 0) is 45.1 Å². The number of hydrogen-bond donors (Lipinski definition) is 1. The maximum absolute atomic E-state index is 4.45. The van der Waals surface area contributed by atoms with Crippen molar-refractivity contribution in [1.82, 2.24) is 15.1 Å². The molecule has 2 aliphatic heterocycles. The molecule has 2 saturated heterocycles. The van der Waals surface area contributed by atoms with Crippen molar-refractivity contribution in [2.75, 3.05) is 39.8 Å². The summed E-state index contributed by atoms with van der Waals surface area (Å²) >= 11 is 0. The van der Waals surface area contributed by atoms with Gasteiger partial charge in [0.25, 0.3) is 0 Å². The normalized spacial score (nSPS) is 26.9. The zero-order chi connectivity index (χ0) is 14.4. The molecule has 0 bridgehead atoms. The van der Waals surface area contributed by atoms with E-state index < -0.39 is 0 Å². The molecule has 20 heavy (non-hydrogen) atoms. The first kappa shape index (κ1) is 15.6. The Morgan fingerprint density at radius 1 is 1.10 bits per heavy atom. The summed E-state index contributed by atoms with van der Waals surface area (Å²) in [7, 11) is 1.91. The lowest BCUT2D eigenvalue weighted by molar-refractivity contribution is 0.163. The van der Waals surface area contributed by atoms with E-state index >= 15 is 0 Å². The predicted molar refractivity (Wildman–Crippen MR) is 86.2 cm³/mol. The summed E-state index contributed by atoms with van der Waals surface area (Å²) in [6.45, 7) is 10.4. The molecule has 0 aromatic carbocycles. The van der Waals surface area contributed by atoms with E-state index in [1.54, 1.807) is 0 Å². The molecular weight excluding hydrogens is 248 g/mol. The van der Waals surface area contributed by atoms with Crippen molar-refractivity contribution in [3.8, 4) is 0 Å². The topological polar surface area (TPSA) is 30.9 Å². The lowest BCUT2D eigenvalue weighted by atomic mass is 10.00. The summed E-state index contributed by atoms with van der Waals surface area (Å²) in [5.41, 5.74) is 0. The van der Waals surface area contributed by atoms with Crippen LogP contribution in [0, 0.1) is 5.92 Å². The standard InChI is InChI=1S/C16H32N4/c1-14-7-11-20(12-8-14)16(17-3)18-9-13-19-10-5-4-6-15(19)2/h14-15H,4-13H2,1-3H3,(H,17,18). The maximum Gasteiger partial charge on any atom is 0.193 e. The van der Waals surface area contributed by atoms with Gasteiger partial charge >= 0.3 is 0 Å². The molecule has 4 heteroatoms. The molecule has 0 aliphatic carbocycles. The minimum Gasteiger partial charge on any atom is -0.355 e. The van der Waals surface area contributed by atoms with E-state index in [1.807, 2.05) is 7.05 Å². The fourth-order valence-corrected chi connectivity index (χ4v) is 3.35. The fraction of sp³-hybridized carbons (Fsp3) is 0.938. The zero-order valence-corrected chi connectivity index (χ0v) is 13.6. The zero-order valence-electron chi connectivity index (χ0n) is 13.6. The van der Waals surface area contributed by atoms with Gasteiger partial charge in [-0.2, -0.15) is 0 Å². The first-order chi connectivity index (χ1) is 9.70. The largest absolute Gasteiger partial charge is 0.355 e. The number of nitrogens with one attached hydrogen (secondary N) is 1. The second-order valence-corrected chi connectivity index (χ2v) is 6.52. The molecule has 116 valence electrons. The number of hydrogen-bond acceptors (Lipinski definition) is 2. The van der Waals surface area contributed by atoms with Gasteiger partial charge in [-0.25, -0.2) is 0 Å². The van der Waals surface area contributed by atoms with Crippen LogP contribution in [0.2, 0.25) is 0 Å². The molecule has 0 aromatic rings. The highest BCUT2D eigenvalue weighted by atomic mass is 15.3. The first-order valence-electron chi connectivity index (χ1n) is 8.40. The van der Waals surface area contributed by atoms with Gasteiger partial charge in [0, 0.05) is 39.3 Å². The SMILES string of the molecule is CN=C(NCCN1CCCCC1C)N1CCC(C)CC1. The van der Waals surface area contributed by atoms with Crippen molar-refractivity contribution in [3.63, 3.8) is 0 Å². The minimum atomic E-state index is 0.753. The Morgan fingerprint density at radius 2 is 1.85 bits per heavy atom. The summed E-state index contributed by atoms with van der Waals surface area (Å²) in [6, 6.07) is 0.753. The highest BCUT2D eigenvalue weighted by molar-refractivity contribution is 5.79. The number of nitrogens with zero attached hydrogens (tertiary/aromatic N) is 3. The van der Waals surface area contributed by atoms with E-state index in [-0.39, 0.29) is 0 Å². The predicted octanol–water partition coefficient (Wildman–Crippen LogP) is 2.17. The van der Waals surface area contributed by atoms with Crippen LogP contribution in [-0.2, 0) is 0 Å². The fourth-order valence-electron chi connectivity index (χ4n) is 3.35. The summed E-state index contributed by atoms with van der Waals surface area (Å²) in [5.74, 6) is 1.97. The number of rotatable bonds is 3. The third kappa shape index (κ3) is 4.37. The van der Waals surface area contributed by atoms with Crippen LogP contribution in [0.3, 0.4) is 0 Å². The first-order valence-corrected chi connectivity index (χ1v) is 8.40. The van der Waals surface area contributed by atoms with Crippen molar-refractivity contribution < 1.29 is 0 Å². The van der Waals surface area contributed by atoms with Crippen LogP contribution in [0.25, 0.3) is 0 Å². The second kappa shape index (κ2) is 7.87. The molecule has 0 amide bonds. The van der Waals surface area contributed by atoms with Gasteiger partial charge < -0.3 is 10.2 Å². The molecule has 1 N–H and O–H groups in total. The van der Waals surface area contributed by atoms with E-state index in [4.69, 9.17) is 0 Å². The molecular formula is C16H32N4. The molecule has 4 nitrogen and oxygen atoms in total. The van der Waals surface area contributed by atoms with E-state index in [0.717, 1.165) is 44.1 Å². The van der Waals surface area contributed by atoms with Crippen molar-refractivity contribution in [2.24, 2.45) is 10.9 Å². The van der Waals surface area contributed by atoms with Crippen molar-refractivity contribution in [2.45, 2.75) is 52.0 Å². The Bertz CT molecular complexity index is 308. The highest BCUT2D eigenvalue weighted by Crippen LogP contribution is 2.16. The molecule has 2 heterocycles. The van der Waals surface area contributed by atoms with Gasteiger partial charge in [-0.3, -0.25) is 9.89 Å². The minimum absolute atomic E-state index is 0.753. The third-order valence-electron chi connectivity index (χ3n) is 4.92.